The van der Waals surface area contributed by atoms with Crippen molar-refractivity contribution < 1.29 is 12.3 Å². The van der Waals surface area contributed by atoms with E-state index in [-0.39, 0.29) is 29.9 Å². The van der Waals surface area contributed by atoms with Gasteiger partial charge in [-0.2, -0.15) is 0 Å². The summed E-state index contributed by atoms with van der Waals surface area (Å²) in [5, 5.41) is 0.893. The largest absolute Gasteiger partial charge is 0.343 e. The normalized spacial score (nSPS) is 22.4. The van der Waals surface area contributed by atoms with Gasteiger partial charge in [-0.1, -0.05) is 25.1 Å². The molecule has 1 aromatic carbocycles. The molecule has 28 heavy (non-hydrogen) atoms. The van der Waals surface area contributed by atoms with Gasteiger partial charge in [0.05, 0.1) is 14.2 Å². The lowest BCUT2D eigenvalue weighted by Gasteiger charge is -2.40. The molecule has 0 saturated carbocycles. The first-order valence-electron chi connectivity index (χ1n) is 11.2. The van der Waals surface area contributed by atoms with Gasteiger partial charge in [-0.3, -0.25) is 19.1 Å². The molecule has 0 saturated heterocycles. The first kappa shape index (κ1) is 16.5. The fraction of sp³-hybridized carbons (Fsp3) is 0.478. The zero-order chi connectivity index (χ0) is 21.7. The molecule has 0 radical (unpaired) electrons. The second-order valence-corrected chi connectivity index (χ2v) is 7.70. The minimum Gasteiger partial charge on any atom is -0.343 e. The summed E-state index contributed by atoms with van der Waals surface area (Å²) in [6, 6.07) is 3.86. The van der Waals surface area contributed by atoms with Crippen molar-refractivity contribution in [3.05, 3.63) is 41.6 Å². The van der Waals surface area contributed by atoms with Crippen molar-refractivity contribution >= 4 is 28.3 Å². The fourth-order valence-electron chi connectivity index (χ4n) is 4.66. The van der Waals surface area contributed by atoms with E-state index >= 15 is 0 Å². The highest BCUT2D eigenvalue weighted by Gasteiger charge is 2.37. The van der Waals surface area contributed by atoms with E-state index in [2.05, 4.69) is 11.0 Å². The number of hydrogen-bond acceptors (Lipinski definition) is 3. The van der Waals surface area contributed by atoms with Crippen molar-refractivity contribution in [2.75, 3.05) is 26.7 Å². The van der Waals surface area contributed by atoms with Crippen LogP contribution in [-0.2, 0) is 11.2 Å². The molecule has 0 spiro atoms. The van der Waals surface area contributed by atoms with Crippen LogP contribution in [-0.4, -0.2) is 58.9 Å². The van der Waals surface area contributed by atoms with Crippen molar-refractivity contribution in [3.63, 3.8) is 0 Å². The number of benzene rings is 1. The van der Waals surface area contributed by atoms with E-state index in [1.165, 1.54) is 4.57 Å². The van der Waals surface area contributed by atoms with Crippen LogP contribution in [0.25, 0.3) is 16.5 Å². The molecule has 1 aromatic heterocycles. The van der Waals surface area contributed by atoms with Gasteiger partial charge in [-0.15, -0.1) is 0 Å². The van der Waals surface area contributed by atoms with Crippen molar-refractivity contribution in [3.8, 4) is 0 Å². The third kappa shape index (κ3) is 2.80. The summed E-state index contributed by atoms with van der Waals surface area (Å²) < 4.78 is 18.5. The average molecular weight is 382 g/mol. The number of rotatable bonds is 4. The molecular weight excluding hydrogens is 350 g/mol. The van der Waals surface area contributed by atoms with Crippen LogP contribution in [0, 0.1) is 5.92 Å². The van der Waals surface area contributed by atoms with Crippen molar-refractivity contribution in [1.82, 2.24) is 14.4 Å². The maximum atomic E-state index is 13.1. The van der Waals surface area contributed by atoms with Gasteiger partial charge in [-0.25, -0.2) is 0 Å². The molecule has 4 rings (SSSR count). The molecule has 5 nitrogen and oxygen atoms in total. The van der Waals surface area contributed by atoms with E-state index in [0.29, 0.717) is 44.0 Å². The molecule has 148 valence electrons. The van der Waals surface area contributed by atoms with Crippen LogP contribution in [0.15, 0.2) is 30.4 Å². The highest BCUT2D eigenvalue weighted by molar-refractivity contribution is 6.03. The Labute approximate surface area is 169 Å². The molecular formula is C23H29N3O2. The van der Waals surface area contributed by atoms with E-state index in [1.807, 2.05) is 31.9 Å². The standard InChI is InChI=1S/C23H29N3O2/c1-5-21(27)26-14-15-12-20-18(17-9-8-10-19(26)22(15)17)11-16(13-24(20)4)23(28)25(6-2)7-3/h8-11,14,16,20H,5-7,12-13H2,1-4H3/t16-,20-/m1/s1/i8D,14D. The maximum Gasteiger partial charge on any atom is 0.230 e. The van der Waals surface area contributed by atoms with E-state index in [9.17, 15) is 9.59 Å². The number of likely N-dealkylation sites (N-methyl/N-ethyl adjacent to an activating group) is 1. The monoisotopic (exact) mass is 381 g/mol. The lowest BCUT2D eigenvalue weighted by Crippen LogP contribution is -2.47. The molecule has 1 aliphatic heterocycles. The number of aromatic nitrogens is 1. The molecule has 2 heterocycles. The van der Waals surface area contributed by atoms with E-state index in [0.717, 1.165) is 22.1 Å². The number of nitrogens with zero attached hydrogens (tertiary/aromatic N) is 3. The number of carbonyl (C=O) groups excluding carboxylic acids is 2. The van der Waals surface area contributed by atoms with Gasteiger partial charge in [0.15, 0.2) is 0 Å². The number of amides is 1. The predicted octanol–water partition coefficient (Wildman–Crippen LogP) is 3.43. The van der Waals surface area contributed by atoms with Crippen LogP contribution in [0.1, 0.15) is 45.9 Å². The molecule has 1 aliphatic carbocycles. The van der Waals surface area contributed by atoms with Gasteiger partial charge in [-0.05, 0) is 50.1 Å². The van der Waals surface area contributed by atoms with Gasteiger partial charge in [0.1, 0.15) is 0 Å². The van der Waals surface area contributed by atoms with Crippen LogP contribution in [0.3, 0.4) is 0 Å². The number of fused-ring (bicyclic) bond motifs is 2. The van der Waals surface area contributed by atoms with Crippen molar-refractivity contribution in [1.29, 1.82) is 0 Å². The Morgan fingerprint density at radius 2 is 2.00 bits per heavy atom. The zero-order valence-electron chi connectivity index (χ0n) is 19.1. The second kappa shape index (κ2) is 7.21. The first-order valence-corrected chi connectivity index (χ1v) is 10.2. The lowest BCUT2D eigenvalue weighted by molar-refractivity contribution is -0.134. The maximum absolute atomic E-state index is 13.1. The molecule has 5 heteroatoms. The van der Waals surface area contributed by atoms with Gasteiger partial charge in [0.2, 0.25) is 11.8 Å². The Balaban J connectivity index is 1.92. The summed E-state index contributed by atoms with van der Waals surface area (Å²) in [6.07, 6.45) is 3.25. The van der Waals surface area contributed by atoms with Crippen molar-refractivity contribution in [2.24, 2.45) is 5.92 Å². The Morgan fingerprint density at radius 3 is 2.68 bits per heavy atom. The minimum atomic E-state index is -0.234. The number of carbonyl (C=O) groups is 2. The summed E-state index contributed by atoms with van der Waals surface area (Å²) in [5.41, 5.74) is 3.44. The topological polar surface area (TPSA) is 45.6 Å². The predicted molar refractivity (Wildman–Crippen MR) is 112 cm³/mol. The number of hydrogen-bond donors (Lipinski definition) is 0. The summed E-state index contributed by atoms with van der Waals surface area (Å²) in [6.45, 7) is 7.77. The molecule has 0 N–H and O–H groups in total. The molecule has 2 aliphatic rings. The third-order valence-electron chi connectivity index (χ3n) is 6.17. The Kier molecular flexibility index (Phi) is 4.26. The SMILES string of the molecule is [2H]c1cc2c3c(c([2H])n(C(=O)CC)c3c1)C[C@@H]1C2=C[C@@H](C(=O)N(CC)CC)CN1C. The van der Waals surface area contributed by atoms with Crippen LogP contribution in [0.5, 0.6) is 0 Å². The van der Waals surface area contributed by atoms with Gasteiger partial charge in [0.25, 0.3) is 0 Å². The summed E-state index contributed by atoms with van der Waals surface area (Å²) >= 11 is 0. The Hall–Kier alpha value is -2.40. The first-order chi connectivity index (χ1) is 14.3. The summed E-state index contributed by atoms with van der Waals surface area (Å²) in [5.74, 6) is -0.238. The average Bonchev–Trinajstić information content (AvgIpc) is 3.00. The minimum absolute atomic E-state index is 0.0416. The molecule has 0 fully saturated rings. The quantitative estimate of drug-likeness (QED) is 0.815. The lowest BCUT2D eigenvalue weighted by atomic mass is 9.79. The molecule has 0 bridgehead atoms. The zero-order valence-corrected chi connectivity index (χ0v) is 17.1. The summed E-state index contributed by atoms with van der Waals surface area (Å²) in [4.78, 5) is 29.7. The molecule has 2 atom stereocenters. The van der Waals surface area contributed by atoms with Crippen LogP contribution in [0.2, 0.25) is 0 Å². The Morgan fingerprint density at radius 1 is 1.25 bits per heavy atom. The van der Waals surface area contributed by atoms with Gasteiger partial charge >= 0.3 is 0 Å². The smallest absolute Gasteiger partial charge is 0.230 e. The fourth-order valence-corrected chi connectivity index (χ4v) is 4.66. The van der Waals surface area contributed by atoms with E-state index in [1.54, 1.807) is 13.0 Å². The highest BCUT2D eigenvalue weighted by Crippen LogP contribution is 2.41. The van der Waals surface area contributed by atoms with Crippen LogP contribution in [0.4, 0.5) is 0 Å². The van der Waals surface area contributed by atoms with Gasteiger partial charge in [0, 0.05) is 43.7 Å². The molecule has 0 unspecified atom stereocenters. The summed E-state index contributed by atoms with van der Waals surface area (Å²) in [7, 11) is 2.02. The highest BCUT2D eigenvalue weighted by atomic mass is 16.2. The molecule has 1 amide bonds. The van der Waals surface area contributed by atoms with E-state index < -0.39 is 0 Å². The Bertz CT molecular complexity index is 1070. The van der Waals surface area contributed by atoms with Gasteiger partial charge < -0.3 is 4.90 Å². The molecule has 2 aromatic rings. The van der Waals surface area contributed by atoms with Crippen molar-refractivity contribution in [2.45, 2.75) is 39.7 Å². The van der Waals surface area contributed by atoms with E-state index in [4.69, 9.17) is 2.74 Å². The second-order valence-electron chi connectivity index (χ2n) is 7.70. The van der Waals surface area contributed by atoms with Crippen LogP contribution < -0.4 is 0 Å². The third-order valence-corrected chi connectivity index (χ3v) is 6.17. The van der Waals surface area contributed by atoms with Crippen LogP contribution >= 0.6 is 0 Å².